The summed E-state index contributed by atoms with van der Waals surface area (Å²) >= 11 is 0. The normalized spacial score (nSPS) is 13.3. The van der Waals surface area contributed by atoms with Crippen LogP contribution in [0, 0.1) is 0 Å². The molecule has 0 N–H and O–H groups in total. The van der Waals surface area contributed by atoms with Gasteiger partial charge in [-0.2, -0.15) is 4.57 Å². The Kier molecular flexibility index (Phi) is 6.46. The van der Waals surface area contributed by atoms with E-state index >= 15 is 0 Å². The molecule has 0 saturated carbocycles. The van der Waals surface area contributed by atoms with Crippen LogP contribution in [0.15, 0.2) is 164 Å². The molecule has 5 aromatic carbocycles. The largest absolute Gasteiger partial charge is 0.255 e. The summed E-state index contributed by atoms with van der Waals surface area (Å²) in [6.07, 6.45) is 1.90. The number of benzene rings is 5. The van der Waals surface area contributed by atoms with Crippen LogP contribution in [0.3, 0.4) is 0 Å². The fourth-order valence-electron chi connectivity index (χ4n) is 6.56. The monoisotopic (exact) mass is 563 g/mol. The van der Waals surface area contributed by atoms with Crippen molar-refractivity contribution in [3.8, 4) is 61.6 Å². The molecule has 1 atom stereocenters. The maximum atomic E-state index is 4.96. The van der Waals surface area contributed by atoms with Crippen LogP contribution in [0.2, 0.25) is 0 Å². The van der Waals surface area contributed by atoms with Gasteiger partial charge < -0.3 is 0 Å². The average molecular weight is 564 g/mol. The standard InChI is InChI=1S/C42H31N2/c1-29-37-15-8-9-17-39(37)44-40(29)27-36(34-20-18-32(19-21-34)30-11-4-2-5-12-30)28-41(44)38-16-10-26-43-42(38)35-24-22-33(23-25-35)31-13-6-3-7-14-31/h2-29H,1H3/q+1. The van der Waals surface area contributed by atoms with Crippen molar-refractivity contribution in [2.75, 3.05) is 0 Å². The lowest BCUT2D eigenvalue weighted by Gasteiger charge is -2.12. The van der Waals surface area contributed by atoms with Gasteiger partial charge in [-0.3, -0.25) is 4.98 Å². The van der Waals surface area contributed by atoms with Crippen LogP contribution in [-0.4, -0.2) is 4.98 Å². The number of rotatable bonds is 5. The van der Waals surface area contributed by atoms with E-state index < -0.39 is 0 Å². The molecular formula is C42H31N2+. The Bertz CT molecular complexity index is 2100. The molecule has 1 aliphatic heterocycles. The van der Waals surface area contributed by atoms with Gasteiger partial charge in [0.2, 0.25) is 11.4 Å². The third-order valence-electron chi connectivity index (χ3n) is 8.86. The molecule has 0 saturated heterocycles. The summed E-state index contributed by atoms with van der Waals surface area (Å²) in [5, 5.41) is 0. The predicted octanol–water partition coefficient (Wildman–Crippen LogP) is 10.2. The Hall–Kier alpha value is -5.60. The van der Waals surface area contributed by atoms with Gasteiger partial charge in [0.15, 0.2) is 5.69 Å². The Morgan fingerprint density at radius 1 is 0.477 bits per heavy atom. The first-order chi connectivity index (χ1) is 21.7. The van der Waals surface area contributed by atoms with Crippen LogP contribution < -0.4 is 4.57 Å². The van der Waals surface area contributed by atoms with Gasteiger partial charge in [-0.1, -0.05) is 127 Å². The van der Waals surface area contributed by atoms with Crippen molar-refractivity contribution >= 4 is 0 Å². The predicted molar refractivity (Wildman–Crippen MR) is 180 cm³/mol. The SMILES string of the molecule is CC1c2ccccc2-[n+]2c(-c3cccnc3-c3ccc(-c4ccccc4)cc3)cc(-c3ccc(-c4ccccc4)cc3)cc21. The smallest absolute Gasteiger partial charge is 0.221 e. The van der Waals surface area contributed by atoms with Crippen molar-refractivity contribution in [1.29, 1.82) is 0 Å². The second kappa shape index (κ2) is 10.9. The van der Waals surface area contributed by atoms with E-state index in [1.807, 2.05) is 6.20 Å². The summed E-state index contributed by atoms with van der Waals surface area (Å²) in [4.78, 5) is 4.96. The van der Waals surface area contributed by atoms with Gasteiger partial charge >= 0.3 is 0 Å². The third-order valence-corrected chi connectivity index (χ3v) is 8.86. The van der Waals surface area contributed by atoms with Crippen LogP contribution in [-0.2, 0) is 0 Å². The number of para-hydroxylation sites is 1. The molecule has 0 bridgehead atoms. The first kappa shape index (κ1) is 26.1. The van der Waals surface area contributed by atoms with Crippen LogP contribution in [0.4, 0.5) is 0 Å². The van der Waals surface area contributed by atoms with E-state index in [0.717, 1.165) is 22.5 Å². The molecule has 0 aliphatic carbocycles. The zero-order chi connectivity index (χ0) is 29.5. The highest BCUT2D eigenvalue weighted by molar-refractivity contribution is 5.82. The highest BCUT2D eigenvalue weighted by Crippen LogP contribution is 2.39. The summed E-state index contributed by atoms with van der Waals surface area (Å²) in [5.74, 6) is 0.277. The zero-order valence-corrected chi connectivity index (χ0v) is 24.6. The number of nitrogens with zero attached hydrogens (tertiary/aromatic N) is 2. The number of pyridine rings is 2. The molecule has 0 spiro atoms. The van der Waals surface area contributed by atoms with Crippen molar-refractivity contribution in [3.05, 3.63) is 175 Å². The quantitative estimate of drug-likeness (QED) is 0.190. The molecule has 2 nitrogen and oxygen atoms in total. The molecule has 7 aromatic rings. The number of fused-ring (bicyclic) bond motifs is 3. The molecule has 0 radical (unpaired) electrons. The minimum Gasteiger partial charge on any atom is -0.255 e. The van der Waals surface area contributed by atoms with Gasteiger partial charge in [0, 0.05) is 35.5 Å². The topological polar surface area (TPSA) is 16.8 Å². The lowest BCUT2D eigenvalue weighted by molar-refractivity contribution is -0.586. The summed E-state index contributed by atoms with van der Waals surface area (Å²) < 4.78 is 2.45. The van der Waals surface area contributed by atoms with E-state index in [4.69, 9.17) is 4.98 Å². The highest BCUT2D eigenvalue weighted by Gasteiger charge is 2.38. The molecule has 0 fully saturated rings. The maximum absolute atomic E-state index is 4.96. The molecule has 3 heterocycles. The Balaban J connectivity index is 1.28. The van der Waals surface area contributed by atoms with E-state index in [1.165, 1.54) is 50.3 Å². The molecule has 8 rings (SSSR count). The van der Waals surface area contributed by atoms with Crippen LogP contribution in [0.25, 0.3) is 61.6 Å². The van der Waals surface area contributed by atoms with Gasteiger partial charge in [0.05, 0.1) is 17.2 Å². The number of hydrogen-bond acceptors (Lipinski definition) is 1. The lowest BCUT2D eigenvalue weighted by atomic mass is 9.94. The van der Waals surface area contributed by atoms with E-state index in [0.29, 0.717) is 0 Å². The van der Waals surface area contributed by atoms with Gasteiger partial charge in [0.25, 0.3) is 0 Å². The maximum Gasteiger partial charge on any atom is 0.221 e. The van der Waals surface area contributed by atoms with Crippen molar-refractivity contribution in [2.24, 2.45) is 0 Å². The highest BCUT2D eigenvalue weighted by atomic mass is 15.0. The summed E-state index contributed by atoms with van der Waals surface area (Å²) in [6.45, 7) is 2.32. The average Bonchev–Trinajstić information content (AvgIpc) is 3.40. The minimum absolute atomic E-state index is 0.277. The Labute approximate surface area is 258 Å². The van der Waals surface area contributed by atoms with Crippen molar-refractivity contribution in [2.45, 2.75) is 12.8 Å². The lowest BCUT2D eigenvalue weighted by Crippen LogP contribution is -2.35. The minimum atomic E-state index is 0.277. The molecule has 1 aliphatic rings. The van der Waals surface area contributed by atoms with Gasteiger partial charge in [-0.25, -0.2) is 0 Å². The second-order valence-corrected chi connectivity index (χ2v) is 11.5. The van der Waals surface area contributed by atoms with Gasteiger partial charge in [0.1, 0.15) is 0 Å². The number of aromatic nitrogens is 2. The van der Waals surface area contributed by atoms with Crippen LogP contribution in [0.5, 0.6) is 0 Å². The molecule has 1 unspecified atom stereocenters. The summed E-state index contributed by atoms with van der Waals surface area (Å²) in [6, 6.07) is 56.6. The number of hydrogen-bond donors (Lipinski definition) is 0. The molecule has 2 heteroatoms. The van der Waals surface area contributed by atoms with Crippen LogP contribution in [0.1, 0.15) is 24.1 Å². The Morgan fingerprint density at radius 3 is 1.64 bits per heavy atom. The fraction of sp³-hybridized carbons (Fsp3) is 0.0476. The first-order valence-corrected chi connectivity index (χ1v) is 15.2. The van der Waals surface area contributed by atoms with Gasteiger partial charge in [-0.15, -0.1) is 0 Å². The van der Waals surface area contributed by atoms with Gasteiger partial charge in [-0.05, 0) is 52.4 Å². The van der Waals surface area contributed by atoms with Crippen molar-refractivity contribution in [3.63, 3.8) is 0 Å². The van der Waals surface area contributed by atoms with Crippen molar-refractivity contribution < 1.29 is 4.57 Å². The fourth-order valence-corrected chi connectivity index (χ4v) is 6.56. The zero-order valence-electron chi connectivity index (χ0n) is 24.6. The molecule has 0 amide bonds. The summed E-state index contributed by atoms with van der Waals surface area (Å²) in [5.41, 5.74) is 15.5. The molecule has 44 heavy (non-hydrogen) atoms. The van der Waals surface area contributed by atoms with Crippen LogP contribution >= 0.6 is 0 Å². The molecule has 2 aromatic heterocycles. The summed E-state index contributed by atoms with van der Waals surface area (Å²) in [7, 11) is 0. The van der Waals surface area contributed by atoms with E-state index in [2.05, 4.69) is 169 Å². The van der Waals surface area contributed by atoms with Crippen molar-refractivity contribution in [1.82, 2.24) is 4.98 Å². The van der Waals surface area contributed by atoms with E-state index in [9.17, 15) is 0 Å². The Morgan fingerprint density at radius 2 is 1.00 bits per heavy atom. The van der Waals surface area contributed by atoms with E-state index in [-0.39, 0.29) is 5.92 Å². The third kappa shape index (κ3) is 4.53. The second-order valence-electron chi connectivity index (χ2n) is 11.5. The molecule has 208 valence electrons. The first-order valence-electron chi connectivity index (χ1n) is 15.2. The van der Waals surface area contributed by atoms with E-state index in [1.54, 1.807) is 0 Å². The molecular weight excluding hydrogens is 532 g/mol.